The third kappa shape index (κ3) is 5.36. The maximum atomic E-state index is 9.54. The summed E-state index contributed by atoms with van der Waals surface area (Å²) in [6, 6.07) is 5.19. The van der Waals surface area contributed by atoms with Crippen molar-refractivity contribution in [3.05, 3.63) is 18.2 Å². The maximum absolute atomic E-state index is 9.54. The van der Waals surface area contributed by atoms with E-state index in [0.717, 1.165) is 0 Å². The van der Waals surface area contributed by atoms with Gasteiger partial charge in [0, 0.05) is 0 Å². The number of rotatable bonds is 5. The molecule has 0 aliphatic carbocycles. The van der Waals surface area contributed by atoms with Gasteiger partial charge in [-0.15, -0.1) is 0 Å². The van der Waals surface area contributed by atoms with Gasteiger partial charge in [0.15, 0.2) is 0 Å². The molecule has 1 aromatic rings. The first kappa shape index (κ1) is 22.3. The van der Waals surface area contributed by atoms with Crippen LogP contribution >= 0.6 is 0 Å². The zero-order valence-corrected chi connectivity index (χ0v) is 19.5. The fourth-order valence-corrected chi connectivity index (χ4v) is 3.75. The summed E-state index contributed by atoms with van der Waals surface area (Å²) >= 11 is 0. The minimum absolute atomic E-state index is 0.0368. The topological polar surface area (TPSA) is 58.9 Å². The molecule has 0 saturated heterocycles. The van der Waals surface area contributed by atoms with Gasteiger partial charge in [0.2, 0.25) is 0 Å². The highest BCUT2D eigenvalue weighted by atomic mass is 28.4. The van der Waals surface area contributed by atoms with E-state index >= 15 is 0 Å². The minimum atomic E-state index is -2.08. The molecule has 0 fully saturated rings. The predicted molar refractivity (Wildman–Crippen MR) is 112 cm³/mol. The van der Waals surface area contributed by atoms with Crippen molar-refractivity contribution in [2.75, 3.05) is 0 Å². The van der Waals surface area contributed by atoms with Crippen molar-refractivity contribution < 1.29 is 18.9 Å². The third-order valence-electron chi connectivity index (χ3n) is 5.61. The molecule has 7 heteroatoms. The van der Waals surface area contributed by atoms with E-state index in [4.69, 9.17) is 8.85 Å². The Morgan fingerprint density at radius 3 is 1.52 bits per heavy atom. The van der Waals surface area contributed by atoms with Crippen LogP contribution in [0.2, 0.25) is 36.3 Å². The lowest BCUT2D eigenvalue weighted by molar-refractivity contribution is 0.423. The number of hydrogen-bond acceptors (Lipinski definition) is 4. The van der Waals surface area contributed by atoms with E-state index < -0.39 is 23.8 Å². The summed E-state index contributed by atoms with van der Waals surface area (Å²) in [7, 11) is -5.64. The molecular formula is C18H35BO4Si2. The first-order valence-electron chi connectivity index (χ1n) is 8.86. The smallest absolute Gasteiger partial charge is 0.488 e. The summed E-state index contributed by atoms with van der Waals surface area (Å²) in [6.07, 6.45) is 0. The van der Waals surface area contributed by atoms with Gasteiger partial charge in [-0.1, -0.05) is 47.6 Å². The zero-order valence-electron chi connectivity index (χ0n) is 17.5. The van der Waals surface area contributed by atoms with Crippen LogP contribution in [0.4, 0.5) is 0 Å². The summed E-state index contributed by atoms with van der Waals surface area (Å²) in [4.78, 5) is 0. The Labute approximate surface area is 156 Å². The molecule has 1 rings (SSSR count). The summed E-state index contributed by atoms with van der Waals surface area (Å²) < 4.78 is 12.9. The van der Waals surface area contributed by atoms with E-state index in [0.29, 0.717) is 17.0 Å². The Balaban J connectivity index is 3.35. The SMILES string of the molecule is CC(C)(C)[Si](C)(C)Oc1ccc(B(O)O)cc1O[Si](C)(C)C(C)(C)C. The zero-order chi connectivity index (χ0) is 19.8. The highest BCUT2D eigenvalue weighted by Gasteiger charge is 2.42. The summed E-state index contributed by atoms with van der Waals surface area (Å²) in [5, 5.41) is 19.2. The molecule has 0 amide bonds. The fourth-order valence-electron chi connectivity index (χ4n) is 1.71. The predicted octanol–water partition coefficient (Wildman–Crippen LogP) is 4.13. The average Bonchev–Trinajstić information content (AvgIpc) is 2.37. The average molecular weight is 382 g/mol. The van der Waals surface area contributed by atoms with Crippen molar-refractivity contribution in [1.29, 1.82) is 0 Å². The lowest BCUT2D eigenvalue weighted by atomic mass is 9.80. The van der Waals surface area contributed by atoms with E-state index in [9.17, 15) is 10.0 Å². The summed E-state index contributed by atoms with van der Waals surface area (Å²) in [5.74, 6) is 1.31. The Bertz CT molecular complexity index is 602. The molecule has 2 N–H and O–H groups in total. The molecule has 4 nitrogen and oxygen atoms in total. The molecular weight excluding hydrogens is 347 g/mol. The first-order valence-corrected chi connectivity index (χ1v) is 14.7. The van der Waals surface area contributed by atoms with Crippen molar-refractivity contribution >= 4 is 29.2 Å². The van der Waals surface area contributed by atoms with E-state index in [1.54, 1.807) is 18.2 Å². The second kappa shape index (κ2) is 7.10. The van der Waals surface area contributed by atoms with Gasteiger partial charge in [-0.05, 0) is 53.9 Å². The van der Waals surface area contributed by atoms with E-state index in [2.05, 4.69) is 67.7 Å². The van der Waals surface area contributed by atoms with Crippen LogP contribution in [0.25, 0.3) is 0 Å². The second-order valence-electron chi connectivity index (χ2n) is 9.80. The molecule has 0 unspecified atom stereocenters. The monoisotopic (exact) mass is 382 g/mol. The molecule has 0 bridgehead atoms. The van der Waals surface area contributed by atoms with Crippen molar-refractivity contribution in [3.63, 3.8) is 0 Å². The van der Waals surface area contributed by atoms with Crippen molar-refractivity contribution in [1.82, 2.24) is 0 Å². The van der Waals surface area contributed by atoms with Gasteiger partial charge in [-0.25, -0.2) is 0 Å². The van der Waals surface area contributed by atoms with Gasteiger partial charge in [0.05, 0.1) is 0 Å². The standard InChI is InChI=1S/C18H35BO4Si2/c1-17(2,3)24(7,8)22-15-12-11-14(19(20)21)13-16(15)23-25(9,10)18(4,5)6/h11-13,20-21H,1-10H3. The van der Waals surface area contributed by atoms with Gasteiger partial charge in [-0.2, -0.15) is 0 Å². The van der Waals surface area contributed by atoms with Crippen molar-refractivity contribution in [2.45, 2.75) is 77.8 Å². The molecule has 0 heterocycles. The highest BCUT2D eigenvalue weighted by molar-refractivity contribution is 6.75. The lowest BCUT2D eigenvalue weighted by Crippen LogP contribution is -2.46. The fraction of sp³-hybridized carbons (Fsp3) is 0.667. The van der Waals surface area contributed by atoms with Gasteiger partial charge in [0.1, 0.15) is 11.5 Å². The quantitative estimate of drug-likeness (QED) is 0.752. The minimum Gasteiger partial charge on any atom is -0.541 e. The maximum Gasteiger partial charge on any atom is 0.488 e. The summed E-state index contributed by atoms with van der Waals surface area (Å²) in [6.45, 7) is 21.8. The van der Waals surface area contributed by atoms with Gasteiger partial charge in [0.25, 0.3) is 16.6 Å². The third-order valence-corrected chi connectivity index (χ3v) is 14.3. The Kier molecular flexibility index (Phi) is 6.33. The highest BCUT2D eigenvalue weighted by Crippen LogP contribution is 2.43. The lowest BCUT2D eigenvalue weighted by Gasteiger charge is -2.39. The first-order chi connectivity index (χ1) is 11.0. The van der Waals surface area contributed by atoms with Gasteiger partial charge < -0.3 is 18.9 Å². The number of hydrogen-bond donors (Lipinski definition) is 2. The largest absolute Gasteiger partial charge is 0.541 e. The Morgan fingerprint density at radius 1 is 0.760 bits per heavy atom. The molecule has 0 aromatic heterocycles. The van der Waals surface area contributed by atoms with Gasteiger partial charge >= 0.3 is 7.12 Å². The molecule has 142 valence electrons. The van der Waals surface area contributed by atoms with Crippen LogP contribution in [-0.4, -0.2) is 33.8 Å². The van der Waals surface area contributed by atoms with E-state index in [1.165, 1.54) is 0 Å². The van der Waals surface area contributed by atoms with E-state index in [1.807, 2.05) is 0 Å². The van der Waals surface area contributed by atoms with Crippen LogP contribution in [0, 0.1) is 0 Å². The Morgan fingerprint density at radius 2 is 1.16 bits per heavy atom. The molecule has 0 radical (unpaired) electrons. The normalized spacial score (nSPS) is 13.6. The van der Waals surface area contributed by atoms with Crippen molar-refractivity contribution in [2.24, 2.45) is 0 Å². The van der Waals surface area contributed by atoms with Crippen molar-refractivity contribution in [3.8, 4) is 11.5 Å². The van der Waals surface area contributed by atoms with Gasteiger partial charge in [-0.3, -0.25) is 0 Å². The molecule has 0 spiro atoms. The second-order valence-corrected chi connectivity index (χ2v) is 19.3. The van der Waals surface area contributed by atoms with Crippen LogP contribution in [0.5, 0.6) is 11.5 Å². The number of benzene rings is 1. The molecule has 25 heavy (non-hydrogen) atoms. The van der Waals surface area contributed by atoms with Crippen LogP contribution in [0.15, 0.2) is 18.2 Å². The molecule has 1 aromatic carbocycles. The van der Waals surface area contributed by atoms with Crippen LogP contribution < -0.4 is 14.3 Å². The van der Waals surface area contributed by atoms with E-state index in [-0.39, 0.29) is 10.1 Å². The molecule has 0 aliphatic heterocycles. The van der Waals surface area contributed by atoms with Crippen LogP contribution in [0.1, 0.15) is 41.5 Å². The van der Waals surface area contributed by atoms with Crippen LogP contribution in [0.3, 0.4) is 0 Å². The van der Waals surface area contributed by atoms with Crippen LogP contribution in [-0.2, 0) is 0 Å². The molecule has 0 aliphatic rings. The summed E-state index contributed by atoms with van der Waals surface area (Å²) in [5.41, 5.74) is 0.413. The Hall–Kier alpha value is -0.761. The molecule has 0 atom stereocenters. The molecule has 0 saturated carbocycles.